The molecule has 0 unspecified atom stereocenters. The third-order valence-electron chi connectivity index (χ3n) is 1.76. The molecule has 62 valence electrons. The second-order valence-corrected chi connectivity index (χ2v) is 2.44. The molecule has 5 nitrogen and oxygen atoms in total. The standard InChI is InChI=1S/C6H9NO4/c8-5(9)4-2-1-3-7(4)6(10)11/h4H,1-3H2,(H,8,9)(H,10,11)/p-2/t4-/m0/s1. The van der Waals surface area contributed by atoms with E-state index in [4.69, 9.17) is 0 Å². The lowest BCUT2D eigenvalue weighted by molar-refractivity contribution is -0.314. The Labute approximate surface area is 63.2 Å². The van der Waals surface area contributed by atoms with E-state index in [1.165, 1.54) is 0 Å². The molecule has 0 aromatic rings. The second-order valence-electron chi connectivity index (χ2n) is 2.44. The van der Waals surface area contributed by atoms with Gasteiger partial charge in [0, 0.05) is 6.54 Å². The second kappa shape index (κ2) is 2.77. The van der Waals surface area contributed by atoms with Crippen molar-refractivity contribution in [3.63, 3.8) is 0 Å². The lowest BCUT2D eigenvalue weighted by atomic mass is 10.2. The lowest BCUT2D eigenvalue weighted by Gasteiger charge is -2.27. The van der Waals surface area contributed by atoms with E-state index >= 15 is 0 Å². The number of carboxylic acid groups (broad SMARTS) is 2. The van der Waals surface area contributed by atoms with Crippen molar-refractivity contribution in [1.29, 1.82) is 0 Å². The molecule has 1 atom stereocenters. The van der Waals surface area contributed by atoms with Gasteiger partial charge in [-0.3, -0.25) is 0 Å². The van der Waals surface area contributed by atoms with Crippen molar-refractivity contribution >= 4 is 12.1 Å². The molecule has 11 heavy (non-hydrogen) atoms. The Morgan fingerprint density at radius 2 is 2.00 bits per heavy atom. The van der Waals surface area contributed by atoms with Crippen molar-refractivity contribution in [3.05, 3.63) is 0 Å². The Morgan fingerprint density at radius 1 is 1.36 bits per heavy atom. The summed E-state index contributed by atoms with van der Waals surface area (Å²) in [6.07, 6.45) is -0.542. The van der Waals surface area contributed by atoms with Crippen molar-refractivity contribution in [2.45, 2.75) is 18.9 Å². The van der Waals surface area contributed by atoms with Crippen LogP contribution < -0.4 is 10.2 Å². The summed E-state index contributed by atoms with van der Waals surface area (Å²) < 4.78 is 0. The van der Waals surface area contributed by atoms with E-state index in [1.807, 2.05) is 0 Å². The average molecular weight is 157 g/mol. The molecule has 0 bridgehead atoms. The van der Waals surface area contributed by atoms with E-state index in [0.717, 1.165) is 4.90 Å². The number of aliphatic carboxylic acids is 1. The van der Waals surface area contributed by atoms with Crippen LogP contribution in [-0.2, 0) is 4.79 Å². The van der Waals surface area contributed by atoms with Gasteiger partial charge in [0.15, 0.2) is 0 Å². The molecule has 1 aliphatic heterocycles. The third-order valence-corrected chi connectivity index (χ3v) is 1.76. The molecular formula is C6H7NO4-2. The Kier molecular flexibility index (Phi) is 1.98. The number of carboxylic acids is 1. The molecular weight excluding hydrogens is 150 g/mol. The van der Waals surface area contributed by atoms with Crippen LogP contribution in [0.1, 0.15) is 12.8 Å². The average Bonchev–Trinajstić information content (AvgIpc) is 2.32. The number of likely N-dealkylation sites (tertiary alicyclic amines) is 1. The molecule has 1 saturated heterocycles. The molecule has 1 rings (SSSR count). The molecule has 0 spiro atoms. The van der Waals surface area contributed by atoms with Gasteiger partial charge in [-0.05, 0) is 12.8 Å². The predicted molar refractivity (Wildman–Crippen MR) is 30.1 cm³/mol. The summed E-state index contributed by atoms with van der Waals surface area (Å²) >= 11 is 0. The van der Waals surface area contributed by atoms with Crippen LogP contribution in [0.5, 0.6) is 0 Å². The molecule has 1 aliphatic rings. The summed E-state index contributed by atoms with van der Waals surface area (Å²) in [6.45, 7) is 0.237. The van der Waals surface area contributed by atoms with E-state index in [2.05, 4.69) is 0 Å². The molecule has 0 aromatic carbocycles. The zero-order valence-electron chi connectivity index (χ0n) is 5.78. The molecule has 0 saturated carbocycles. The van der Waals surface area contributed by atoms with Gasteiger partial charge in [0.25, 0.3) is 0 Å². The fraction of sp³-hybridized carbons (Fsp3) is 0.667. The van der Waals surface area contributed by atoms with Gasteiger partial charge in [0.2, 0.25) is 0 Å². The van der Waals surface area contributed by atoms with Gasteiger partial charge in [-0.1, -0.05) is 0 Å². The highest BCUT2D eigenvalue weighted by Crippen LogP contribution is 2.15. The minimum absolute atomic E-state index is 0.237. The van der Waals surface area contributed by atoms with Crippen LogP contribution in [0.3, 0.4) is 0 Å². The van der Waals surface area contributed by atoms with Gasteiger partial charge < -0.3 is 24.7 Å². The Morgan fingerprint density at radius 3 is 2.36 bits per heavy atom. The van der Waals surface area contributed by atoms with Crippen molar-refractivity contribution in [1.82, 2.24) is 4.90 Å². The molecule has 5 heteroatoms. The van der Waals surface area contributed by atoms with Crippen LogP contribution in [-0.4, -0.2) is 29.5 Å². The summed E-state index contributed by atoms with van der Waals surface area (Å²) in [5.74, 6) is -1.34. The van der Waals surface area contributed by atoms with Gasteiger partial charge in [0.1, 0.15) is 6.09 Å². The number of carbonyl (C=O) groups excluding carboxylic acids is 2. The number of carbonyl (C=O) groups is 2. The maximum atomic E-state index is 10.3. The monoisotopic (exact) mass is 157 g/mol. The smallest absolute Gasteiger partial charge is 0.137 e. The van der Waals surface area contributed by atoms with E-state index in [-0.39, 0.29) is 6.54 Å². The zero-order chi connectivity index (χ0) is 8.43. The lowest BCUT2D eigenvalue weighted by Crippen LogP contribution is -2.51. The zero-order valence-corrected chi connectivity index (χ0v) is 5.78. The van der Waals surface area contributed by atoms with Crippen LogP contribution in [0, 0.1) is 0 Å². The van der Waals surface area contributed by atoms with Crippen molar-refractivity contribution in [2.75, 3.05) is 6.54 Å². The molecule has 1 heterocycles. The highest BCUT2D eigenvalue weighted by atomic mass is 16.4. The van der Waals surface area contributed by atoms with Gasteiger partial charge >= 0.3 is 0 Å². The van der Waals surface area contributed by atoms with E-state index in [1.54, 1.807) is 0 Å². The number of hydrogen-bond acceptors (Lipinski definition) is 4. The predicted octanol–water partition coefficient (Wildman–Crippen LogP) is -2.46. The molecule has 1 amide bonds. The highest BCUT2D eigenvalue weighted by molar-refractivity contribution is 5.77. The van der Waals surface area contributed by atoms with Crippen molar-refractivity contribution in [2.24, 2.45) is 0 Å². The van der Waals surface area contributed by atoms with Gasteiger partial charge in [-0.15, -0.1) is 0 Å². The van der Waals surface area contributed by atoms with Crippen LogP contribution >= 0.6 is 0 Å². The molecule has 0 aliphatic carbocycles. The SMILES string of the molecule is O=C([O-])[C@@H]1CCCN1C(=O)[O-]. The molecule has 0 radical (unpaired) electrons. The number of rotatable bonds is 1. The van der Waals surface area contributed by atoms with Crippen molar-refractivity contribution in [3.8, 4) is 0 Å². The first-order chi connectivity index (χ1) is 5.13. The van der Waals surface area contributed by atoms with E-state index in [9.17, 15) is 19.8 Å². The third kappa shape index (κ3) is 1.42. The Hall–Kier alpha value is -1.26. The topological polar surface area (TPSA) is 83.5 Å². The Bertz CT molecular complexity index is 171. The summed E-state index contributed by atoms with van der Waals surface area (Å²) in [4.78, 5) is 21.3. The van der Waals surface area contributed by atoms with Gasteiger partial charge in [-0.25, -0.2) is 0 Å². The van der Waals surface area contributed by atoms with Crippen molar-refractivity contribution < 1.29 is 19.8 Å². The maximum Gasteiger partial charge on any atom is 0.137 e. The van der Waals surface area contributed by atoms with Crippen LogP contribution in [0.2, 0.25) is 0 Å². The fourth-order valence-electron chi connectivity index (χ4n) is 1.23. The fourth-order valence-corrected chi connectivity index (χ4v) is 1.23. The molecule has 0 N–H and O–H groups in total. The summed E-state index contributed by atoms with van der Waals surface area (Å²) in [5.41, 5.74) is 0. The van der Waals surface area contributed by atoms with Gasteiger partial charge in [0.05, 0.1) is 12.0 Å². The number of hydrogen-bond donors (Lipinski definition) is 0. The minimum Gasteiger partial charge on any atom is -0.548 e. The van der Waals surface area contributed by atoms with E-state index < -0.39 is 18.1 Å². The maximum absolute atomic E-state index is 10.3. The highest BCUT2D eigenvalue weighted by Gasteiger charge is 2.24. The largest absolute Gasteiger partial charge is 0.548 e. The van der Waals surface area contributed by atoms with Gasteiger partial charge in [-0.2, -0.15) is 0 Å². The normalized spacial score (nSPS) is 23.6. The summed E-state index contributed by atoms with van der Waals surface area (Å²) in [5, 5.41) is 20.5. The van der Waals surface area contributed by atoms with Crippen LogP contribution in [0.4, 0.5) is 4.79 Å². The summed E-state index contributed by atoms with van der Waals surface area (Å²) in [7, 11) is 0. The first-order valence-corrected chi connectivity index (χ1v) is 3.31. The van der Waals surface area contributed by atoms with Crippen LogP contribution in [0.25, 0.3) is 0 Å². The first-order valence-electron chi connectivity index (χ1n) is 3.31. The molecule has 1 fully saturated rings. The summed E-state index contributed by atoms with van der Waals surface area (Å²) in [6, 6.07) is -1.00. The van der Waals surface area contributed by atoms with Crippen LogP contribution in [0.15, 0.2) is 0 Å². The quantitative estimate of drug-likeness (QED) is 0.422. The number of nitrogens with zero attached hydrogens (tertiary/aromatic N) is 1. The molecule has 0 aromatic heterocycles. The first kappa shape index (κ1) is 7.84. The van der Waals surface area contributed by atoms with E-state index in [0.29, 0.717) is 12.8 Å². The Balaban J connectivity index is 2.65. The number of amides is 1. The minimum atomic E-state index is -1.43.